The van der Waals surface area contributed by atoms with Gasteiger partial charge in [0.1, 0.15) is 0 Å². The zero-order chi connectivity index (χ0) is 19.2. The zero-order valence-corrected chi connectivity index (χ0v) is 16.4. The maximum Gasteiger partial charge on any atom is 0.317 e. The van der Waals surface area contributed by atoms with Crippen LogP contribution in [0.15, 0.2) is 24.3 Å². The Morgan fingerprint density at radius 2 is 2.11 bits per heavy atom. The largest absolute Gasteiger partial charge is 0.376 e. The first-order chi connectivity index (χ1) is 13.0. The molecule has 0 spiro atoms. The molecule has 2 fully saturated rings. The van der Waals surface area contributed by atoms with E-state index in [0.717, 1.165) is 44.4 Å². The number of carbonyl (C=O) groups is 2. The smallest absolute Gasteiger partial charge is 0.317 e. The monoisotopic (exact) mass is 373 g/mol. The van der Waals surface area contributed by atoms with Gasteiger partial charge in [-0.1, -0.05) is 12.1 Å². The molecular formula is C21H31N3O3. The summed E-state index contributed by atoms with van der Waals surface area (Å²) in [5, 5.41) is 5.95. The van der Waals surface area contributed by atoms with Crippen LogP contribution in [-0.4, -0.2) is 55.2 Å². The molecule has 1 aromatic rings. The van der Waals surface area contributed by atoms with Crippen molar-refractivity contribution >= 4 is 11.9 Å². The first-order valence-electron chi connectivity index (χ1n) is 10.1. The van der Waals surface area contributed by atoms with E-state index in [4.69, 9.17) is 4.74 Å². The van der Waals surface area contributed by atoms with Crippen molar-refractivity contribution < 1.29 is 14.3 Å². The van der Waals surface area contributed by atoms with Crippen LogP contribution in [0.3, 0.4) is 0 Å². The van der Waals surface area contributed by atoms with E-state index in [0.29, 0.717) is 18.7 Å². The summed E-state index contributed by atoms with van der Waals surface area (Å²) in [4.78, 5) is 26.7. The minimum atomic E-state index is -0.0578. The molecule has 2 saturated heterocycles. The van der Waals surface area contributed by atoms with Gasteiger partial charge < -0.3 is 20.3 Å². The fourth-order valence-electron chi connectivity index (χ4n) is 3.82. The summed E-state index contributed by atoms with van der Waals surface area (Å²) >= 11 is 0. The fraction of sp³-hybridized carbons (Fsp3) is 0.619. The molecule has 27 heavy (non-hydrogen) atoms. The molecule has 148 valence electrons. The van der Waals surface area contributed by atoms with Gasteiger partial charge >= 0.3 is 6.03 Å². The number of rotatable bonds is 5. The van der Waals surface area contributed by atoms with E-state index >= 15 is 0 Å². The number of amides is 3. The lowest BCUT2D eigenvalue weighted by molar-refractivity contribution is 0.0857. The summed E-state index contributed by atoms with van der Waals surface area (Å²) in [7, 11) is 0. The molecule has 0 aliphatic carbocycles. The number of nitrogens with zero attached hydrogens (tertiary/aromatic N) is 1. The Morgan fingerprint density at radius 1 is 1.26 bits per heavy atom. The summed E-state index contributed by atoms with van der Waals surface area (Å²) < 4.78 is 5.56. The number of carbonyl (C=O) groups excluding carboxylic acids is 2. The Hall–Kier alpha value is -2.08. The molecule has 6 heteroatoms. The van der Waals surface area contributed by atoms with E-state index in [-0.39, 0.29) is 30.0 Å². The summed E-state index contributed by atoms with van der Waals surface area (Å²) in [5.74, 6) is 0.208. The van der Waals surface area contributed by atoms with Crippen LogP contribution in [0.1, 0.15) is 61.4 Å². The predicted molar refractivity (Wildman–Crippen MR) is 105 cm³/mol. The first kappa shape index (κ1) is 19.7. The summed E-state index contributed by atoms with van der Waals surface area (Å²) in [5.41, 5.74) is 1.80. The van der Waals surface area contributed by atoms with Crippen LogP contribution in [-0.2, 0) is 4.74 Å². The third-order valence-electron chi connectivity index (χ3n) is 5.26. The van der Waals surface area contributed by atoms with Crippen molar-refractivity contribution in [1.82, 2.24) is 15.5 Å². The number of nitrogens with one attached hydrogen (secondary N) is 2. The molecule has 0 unspecified atom stereocenters. The summed E-state index contributed by atoms with van der Waals surface area (Å²) in [6, 6.07) is 7.95. The highest BCUT2D eigenvalue weighted by molar-refractivity contribution is 5.94. The number of hydrogen-bond acceptors (Lipinski definition) is 3. The lowest BCUT2D eigenvalue weighted by atomic mass is 9.89. The van der Waals surface area contributed by atoms with Gasteiger partial charge in [-0.15, -0.1) is 0 Å². The standard InChI is InChI=1S/C21H31N3O3/c1-15(2)23-21(26)24-10-4-8-18(14-24)16-6-3-7-17(12-16)20(25)22-13-19-9-5-11-27-19/h3,6-7,12,15,18-19H,4-5,8-11,13-14H2,1-2H3,(H,22,25)(H,23,26)/t18-,19+/m0/s1. The minimum absolute atomic E-state index is 0.000149. The topological polar surface area (TPSA) is 70.7 Å². The van der Waals surface area contributed by atoms with Crippen molar-refractivity contribution in [3.63, 3.8) is 0 Å². The molecule has 3 amide bonds. The number of ether oxygens (including phenoxy) is 1. The Labute approximate surface area is 161 Å². The van der Waals surface area contributed by atoms with Crippen molar-refractivity contribution in [2.45, 2.75) is 57.6 Å². The van der Waals surface area contributed by atoms with Crippen LogP contribution in [0.5, 0.6) is 0 Å². The quantitative estimate of drug-likeness (QED) is 0.834. The molecular weight excluding hydrogens is 342 g/mol. The van der Waals surface area contributed by atoms with Gasteiger partial charge in [-0.2, -0.15) is 0 Å². The Kier molecular flexibility index (Phi) is 6.72. The molecule has 0 saturated carbocycles. The van der Waals surface area contributed by atoms with Gasteiger partial charge in [0.15, 0.2) is 0 Å². The van der Waals surface area contributed by atoms with Gasteiger partial charge in [-0.3, -0.25) is 4.79 Å². The lowest BCUT2D eigenvalue weighted by Crippen LogP contribution is -2.47. The summed E-state index contributed by atoms with van der Waals surface area (Å²) in [6.07, 6.45) is 4.23. The van der Waals surface area contributed by atoms with Gasteiger partial charge in [0.2, 0.25) is 0 Å². The summed E-state index contributed by atoms with van der Waals surface area (Å²) in [6.45, 7) is 6.78. The molecule has 2 N–H and O–H groups in total. The molecule has 2 aliphatic heterocycles. The Morgan fingerprint density at radius 3 is 2.85 bits per heavy atom. The highest BCUT2D eigenvalue weighted by Crippen LogP contribution is 2.27. The van der Waals surface area contributed by atoms with Crippen molar-refractivity contribution in [3.8, 4) is 0 Å². The molecule has 0 aromatic heterocycles. The molecule has 2 heterocycles. The van der Waals surface area contributed by atoms with Crippen molar-refractivity contribution in [1.29, 1.82) is 0 Å². The first-order valence-corrected chi connectivity index (χ1v) is 10.1. The number of urea groups is 1. The highest BCUT2D eigenvalue weighted by Gasteiger charge is 2.25. The number of hydrogen-bond donors (Lipinski definition) is 2. The second-order valence-corrected chi connectivity index (χ2v) is 7.86. The van der Waals surface area contributed by atoms with Gasteiger partial charge in [0.25, 0.3) is 5.91 Å². The van der Waals surface area contributed by atoms with Crippen LogP contribution in [0.25, 0.3) is 0 Å². The zero-order valence-electron chi connectivity index (χ0n) is 16.4. The Balaban J connectivity index is 1.60. The van der Waals surface area contributed by atoms with Gasteiger partial charge in [-0.05, 0) is 57.2 Å². The van der Waals surface area contributed by atoms with Crippen LogP contribution < -0.4 is 10.6 Å². The van der Waals surface area contributed by atoms with E-state index in [1.807, 2.05) is 36.9 Å². The fourth-order valence-corrected chi connectivity index (χ4v) is 3.82. The van der Waals surface area contributed by atoms with Crippen LogP contribution in [0, 0.1) is 0 Å². The van der Waals surface area contributed by atoms with Gasteiger partial charge in [-0.25, -0.2) is 4.79 Å². The molecule has 2 aliphatic rings. The lowest BCUT2D eigenvalue weighted by Gasteiger charge is -2.33. The van der Waals surface area contributed by atoms with Crippen molar-refractivity contribution in [2.24, 2.45) is 0 Å². The van der Waals surface area contributed by atoms with E-state index in [1.54, 1.807) is 0 Å². The van der Waals surface area contributed by atoms with Crippen LogP contribution in [0.2, 0.25) is 0 Å². The number of piperidine rings is 1. The highest BCUT2D eigenvalue weighted by atomic mass is 16.5. The van der Waals surface area contributed by atoms with Crippen LogP contribution in [0.4, 0.5) is 4.79 Å². The van der Waals surface area contributed by atoms with Gasteiger partial charge in [0, 0.05) is 43.8 Å². The third kappa shape index (κ3) is 5.45. The predicted octanol–water partition coefficient (Wildman–Crippen LogP) is 2.89. The molecule has 6 nitrogen and oxygen atoms in total. The normalized spacial score (nSPS) is 22.7. The molecule has 0 bridgehead atoms. The second kappa shape index (κ2) is 9.22. The molecule has 3 rings (SSSR count). The van der Waals surface area contributed by atoms with E-state index in [1.165, 1.54) is 0 Å². The molecule has 1 aromatic carbocycles. The molecule has 2 atom stereocenters. The van der Waals surface area contributed by atoms with Crippen molar-refractivity contribution in [3.05, 3.63) is 35.4 Å². The Bertz CT molecular complexity index is 656. The third-order valence-corrected chi connectivity index (χ3v) is 5.26. The average Bonchev–Trinajstić information content (AvgIpc) is 3.19. The van der Waals surface area contributed by atoms with E-state index in [9.17, 15) is 9.59 Å². The average molecular weight is 373 g/mol. The second-order valence-electron chi connectivity index (χ2n) is 7.86. The number of likely N-dealkylation sites (tertiary alicyclic amines) is 1. The number of benzene rings is 1. The van der Waals surface area contributed by atoms with Crippen molar-refractivity contribution in [2.75, 3.05) is 26.2 Å². The van der Waals surface area contributed by atoms with Gasteiger partial charge in [0.05, 0.1) is 6.10 Å². The van der Waals surface area contributed by atoms with E-state index in [2.05, 4.69) is 16.7 Å². The minimum Gasteiger partial charge on any atom is -0.376 e. The maximum atomic E-state index is 12.5. The van der Waals surface area contributed by atoms with Crippen LogP contribution >= 0.6 is 0 Å². The SMILES string of the molecule is CC(C)NC(=O)N1CCC[C@H](c2cccc(C(=O)NC[C@H]3CCCO3)c2)C1. The van der Waals surface area contributed by atoms with E-state index < -0.39 is 0 Å². The maximum absolute atomic E-state index is 12.5. The molecule has 0 radical (unpaired) electrons.